The van der Waals surface area contributed by atoms with E-state index in [9.17, 15) is 0 Å². The van der Waals surface area contributed by atoms with Crippen LogP contribution in [0.4, 0.5) is 11.5 Å². The first-order valence-corrected chi connectivity index (χ1v) is 7.74. The highest BCUT2D eigenvalue weighted by molar-refractivity contribution is 5.64. The van der Waals surface area contributed by atoms with Crippen LogP contribution in [0.5, 0.6) is 0 Å². The van der Waals surface area contributed by atoms with Crippen molar-refractivity contribution in [2.24, 2.45) is 0 Å². The molecule has 2 rings (SSSR count). The Bertz CT molecular complexity index is 443. The number of nitrogens with zero attached hydrogens (tertiary/aromatic N) is 3. The summed E-state index contributed by atoms with van der Waals surface area (Å²) >= 11 is 0. The minimum Gasteiger partial charge on any atom is -0.394 e. The standard InChI is InChI=1S/C15H29N5/c1-5-10-20-14(13(16)12(2)18-20)17-11-15(19(3)4)8-6-7-9-15/h17H,5-11,16H2,1-4H3. The topological polar surface area (TPSA) is 59.1 Å². The lowest BCUT2D eigenvalue weighted by Gasteiger charge is -2.36. The smallest absolute Gasteiger partial charge is 0.148 e. The van der Waals surface area contributed by atoms with Gasteiger partial charge in [0.05, 0.1) is 11.4 Å². The summed E-state index contributed by atoms with van der Waals surface area (Å²) < 4.78 is 2.02. The summed E-state index contributed by atoms with van der Waals surface area (Å²) in [6.45, 7) is 5.99. The van der Waals surface area contributed by atoms with Gasteiger partial charge < -0.3 is 16.0 Å². The molecule has 0 atom stereocenters. The van der Waals surface area contributed by atoms with E-state index < -0.39 is 0 Å². The number of nitrogens with two attached hydrogens (primary N) is 1. The van der Waals surface area contributed by atoms with Gasteiger partial charge in [-0.25, -0.2) is 4.68 Å². The third-order valence-corrected chi connectivity index (χ3v) is 4.68. The zero-order chi connectivity index (χ0) is 14.8. The molecule has 1 fully saturated rings. The van der Waals surface area contributed by atoms with Crippen molar-refractivity contribution in [1.82, 2.24) is 14.7 Å². The first-order valence-electron chi connectivity index (χ1n) is 7.74. The number of likely N-dealkylation sites (N-methyl/N-ethyl adjacent to an activating group) is 1. The Kier molecular flexibility index (Phi) is 4.58. The molecule has 0 unspecified atom stereocenters. The van der Waals surface area contributed by atoms with Crippen molar-refractivity contribution in [2.45, 2.75) is 58.0 Å². The summed E-state index contributed by atoms with van der Waals surface area (Å²) in [6, 6.07) is 0. The van der Waals surface area contributed by atoms with Crippen LogP contribution in [0.15, 0.2) is 0 Å². The highest BCUT2D eigenvalue weighted by atomic mass is 15.3. The van der Waals surface area contributed by atoms with Crippen molar-refractivity contribution >= 4 is 11.5 Å². The second-order valence-corrected chi connectivity index (χ2v) is 6.25. The van der Waals surface area contributed by atoms with Gasteiger partial charge in [0, 0.05) is 18.6 Å². The first kappa shape index (κ1) is 15.2. The molecule has 114 valence electrons. The zero-order valence-corrected chi connectivity index (χ0v) is 13.4. The van der Waals surface area contributed by atoms with E-state index in [-0.39, 0.29) is 5.54 Å². The summed E-state index contributed by atoms with van der Waals surface area (Å²) in [5, 5.41) is 8.11. The molecule has 0 spiro atoms. The molecule has 5 heteroatoms. The van der Waals surface area contributed by atoms with Gasteiger partial charge in [-0.15, -0.1) is 0 Å². The van der Waals surface area contributed by atoms with Gasteiger partial charge >= 0.3 is 0 Å². The summed E-state index contributed by atoms with van der Waals surface area (Å²) in [4.78, 5) is 2.37. The number of rotatable bonds is 6. The second kappa shape index (κ2) is 6.04. The lowest BCUT2D eigenvalue weighted by atomic mass is 9.96. The van der Waals surface area contributed by atoms with E-state index >= 15 is 0 Å². The lowest BCUT2D eigenvalue weighted by molar-refractivity contribution is 0.172. The SMILES string of the molecule is CCCn1nc(C)c(N)c1NCC1(N(C)C)CCCC1. The lowest BCUT2D eigenvalue weighted by Crippen LogP contribution is -2.47. The monoisotopic (exact) mass is 279 g/mol. The largest absolute Gasteiger partial charge is 0.394 e. The van der Waals surface area contributed by atoms with Crippen molar-refractivity contribution in [1.29, 1.82) is 0 Å². The third-order valence-electron chi connectivity index (χ3n) is 4.68. The minimum absolute atomic E-state index is 0.266. The highest BCUT2D eigenvalue weighted by Gasteiger charge is 2.36. The van der Waals surface area contributed by atoms with Crippen molar-refractivity contribution in [3.05, 3.63) is 5.69 Å². The highest BCUT2D eigenvalue weighted by Crippen LogP contribution is 2.34. The number of nitrogens with one attached hydrogen (secondary N) is 1. The van der Waals surface area contributed by atoms with Crippen LogP contribution >= 0.6 is 0 Å². The van der Waals surface area contributed by atoms with E-state index in [0.29, 0.717) is 0 Å². The number of anilines is 2. The maximum Gasteiger partial charge on any atom is 0.148 e. The molecule has 0 aromatic carbocycles. The fraction of sp³-hybridized carbons (Fsp3) is 0.800. The molecule has 1 aromatic rings. The van der Waals surface area contributed by atoms with Crippen molar-refractivity contribution in [2.75, 3.05) is 31.7 Å². The van der Waals surface area contributed by atoms with Gasteiger partial charge in [-0.1, -0.05) is 19.8 Å². The molecule has 1 aliphatic carbocycles. The molecule has 3 N–H and O–H groups in total. The van der Waals surface area contributed by atoms with E-state index in [1.54, 1.807) is 0 Å². The van der Waals surface area contributed by atoms with Gasteiger partial charge in [0.15, 0.2) is 0 Å². The average Bonchev–Trinajstić information content (AvgIpc) is 2.97. The molecule has 1 aromatic heterocycles. The molecule has 0 saturated heterocycles. The van der Waals surface area contributed by atoms with Crippen LogP contribution in [-0.4, -0.2) is 40.9 Å². The predicted molar refractivity (Wildman–Crippen MR) is 85.0 cm³/mol. The normalized spacial score (nSPS) is 17.9. The average molecular weight is 279 g/mol. The Morgan fingerprint density at radius 1 is 1.35 bits per heavy atom. The number of aromatic nitrogens is 2. The molecule has 0 aliphatic heterocycles. The van der Waals surface area contributed by atoms with Crippen LogP contribution < -0.4 is 11.1 Å². The molecule has 1 saturated carbocycles. The van der Waals surface area contributed by atoms with Crippen LogP contribution in [0.1, 0.15) is 44.7 Å². The number of aryl methyl sites for hydroxylation is 2. The van der Waals surface area contributed by atoms with Crippen LogP contribution in [0.25, 0.3) is 0 Å². The Morgan fingerprint density at radius 3 is 2.55 bits per heavy atom. The van der Waals surface area contributed by atoms with E-state index in [0.717, 1.165) is 36.7 Å². The van der Waals surface area contributed by atoms with Crippen LogP contribution in [-0.2, 0) is 6.54 Å². The Morgan fingerprint density at radius 2 is 2.00 bits per heavy atom. The van der Waals surface area contributed by atoms with E-state index in [1.165, 1.54) is 25.7 Å². The molecule has 1 aliphatic rings. The molecule has 0 amide bonds. The zero-order valence-electron chi connectivity index (χ0n) is 13.4. The van der Waals surface area contributed by atoms with E-state index in [2.05, 4.69) is 36.3 Å². The minimum atomic E-state index is 0.266. The fourth-order valence-electron chi connectivity index (χ4n) is 3.22. The molecular formula is C15H29N5. The quantitative estimate of drug-likeness (QED) is 0.840. The molecule has 1 heterocycles. The number of nitrogen functional groups attached to an aromatic ring is 1. The van der Waals surface area contributed by atoms with Gasteiger partial charge in [-0.2, -0.15) is 5.10 Å². The number of hydrogen-bond acceptors (Lipinski definition) is 4. The maximum absolute atomic E-state index is 6.18. The molecule has 0 bridgehead atoms. The number of hydrogen-bond donors (Lipinski definition) is 2. The van der Waals surface area contributed by atoms with E-state index in [4.69, 9.17) is 5.73 Å². The van der Waals surface area contributed by atoms with Crippen LogP contribution in [0, 0.1) is 6.92 Å². The van der Waals surface area contributed by atoms with Crippen molar-refractivity contribution in [3.8, 4) is 0 Å². The summed E-state index contributed by atoms with van der Waals surface area (Å²) in [6.07, 6.45) is 6.22. The van der Waals surface area contributed by atoms with Crippen LogP contribution in [0.2, 0.25) is 0 Å². The summed E-state index contributed by atoms with van der Waals surface area (Å²) in [7, 11) is 4.37. The Hall–Kier alpha value is -1.23. The van der Waals surface area contributed by atoms with Gasteiger partial charge in [-0.3, -0.25) is 0 Å². The summed E-state index contributed by atoms with van der Waals surface area (Å²) in [5.74, 6) is 0.998. The van der Waals surface area contributed by atoms with Gasteiger partial charge in [0.25, 0.3) is 0 Å². The van der Waals surface area contributed by atoms with Gasteiger partial charge in [-0.05, 0) is 40.3 Å². The maximum atomic E-state index is 6.18. The molecule has 20 heavy (non-hydrogen) atoms. The Balaban J connectivity index is 2.13. The summed E-state index contributed by atoms with van der Waals surface area (Å²) in [5.41, 5.74) is 8.16. The molecule has 0 radical (unpaired) electrons. The second-order valence-electron chi connectivity index (χ2n) is 6.25. The van der Waals surface area contributed by atoms with Gasteiger partial charge in [0.1, 0.15) is 5.82 Å². The van der Waals surface area contributed by atoms with Crippen LogP contribution in [0.3, 0.4) is 0 Å². The van der Waals surface area contributed by atoms with Gasteiger partial charge in [0.2, 0.25) is 0 Å². The predicted octanol–water partition coefficient (Wildman–Crippen LogP) is 2.47. The molecule has 5 nitrogen and oxygen atoms in total. The first-order chi connectivity index (χ1) is 9.50. The van der Waals surface area contributed by atoms with Crippen molar-refractivity contribution in [3.63, 3.8) is 0 Å². The molecular weight excluding hydrogens is 250 g/mol. The fourth-order valence-corrected chi connectivity index (χ4v) is 3.22. The Labute approximate surface area is 122 Å². The van der Waals surface area contributed by atoms with E-state index in [1.807, 2.05) is 11.6 Å². The van der Waals surface area contributed by atoms with Crippen molar-refractivity contribution < 1.29 is 0 Å². The third kappa shape index (κ3) is 2.77.